The van der Waals surface area contributed by atoms with Crippen molar-refractivity contribution < 1.29 is 24.9 Å². The van der Waals surface area contributed by atoms with Crippen LogP contribution in [0.3, 0.4) is 0 Å². The van der Waals surface area contributed by atoms with Crippen molar-refractivity contribution in [2.45, 2.75) is 18.6 Å². The van der Waals surface area contributed by atoms with E-state index in [9.17, 15) is 15.0 Å². The summed E-state index contributed by atoms with van der Waals surface area (Å²) in [5, 5.41) is 31.9. The van der Waals surface area contributed by atoms with Crippen LogP contribution in [0.1, 0.15) is 28.4 Å². The number of aromatic carboxylic acids is 1. The van der Waals surface area contributed by atoms with E-state index in [0.717, 1.165) is 0 Å². The van der Waals surface area contributed by atoms with Gasteiger partial charge in [0.2, 0.25) is 0 Å². The van der Waals surface area contributed by atoms with Gasteiger partial charge in [0.1, 0.15) is 11.9 Å². The highest BCUT2D eigenvalue weighted by atomic mass is 16.5. The molecule has 0 fully saturated rings. The Morgan fingerprint density at radius 3 is 2.63 bits per heavy atom. The molecule has 0 aliphatic rings. The van der Waals surface area contributed by atoms with E-state index in [-0.39, 0.29) is 11.1 Å². The second-order valence-electron chi connectivity index (χ2n) is 4.16. The van der Waals surface area contributed by atoms with E-state index >= 15 is 0 Å². The average molecular weight is 269 g/mol. The quantitative estimate of drug-likeness (QED) is 0.572. The van der Waals surface area contributed by atoms with E-state index in [1.165, 1.54) is 25.3 Å². The van der Waals surface area contributed by atoms with Gasteiger partial charge < -0.3 is 25.4 Å². The maximum Gasteiger partial charge on any atom is 0.336 e. The third-order valence-electron chi connectivity index (χ3n) is 2.86. The van der Waals surface area contributed by atoms with Crippen molar-refractivity contribution in [2.24, 2.45) is 0 Å². The van der Waals surface area contributed by atoms with Crippen molar-refractivity contribution in [1.82, 2.24) is 5.32 Å². The molecule has 0 aromatic heterocycles. The number of methoxy groups -OCH3 is 1. The fourth-order valence-corrected chi connectivity index (χ4v) is 1.76. The number of rotatable bonds is 7. The van der Waals surface area contributed by atoms with Crippen molar-refractivity contribution in [3.63, 3.8) is 0 Å². The van der Waals surface area contributed by atoms with Crippen molar-refractivity contribution in [2.75, 3.05) is 20.7 Å². The summed E-state index contributed by atoms with van der Waals surface area (Å²) >= 11 is 0. The van der Waals surface area contributed by atoms with Gasteiger partial charge in [-0.25, -0.2) is 4.79 Å². The molecule has 19 heavy (non-hydrogen) atoms. The lowest BCUT2D eigenvalue weighted by molar-refractivity contribution is 0.0130. The number of aliphatic hydroxyl groups excluding tert-OH is 2. The van der Waals surface area contributed by atoms with E-state index in [2.05, 4.69) is 5.32 Å². The van der Waals surface area contributed by atoms with E-state index < -0.39 is 18.2 Å². The van der Waals surface area contributed by atoms with Crippen molar-refractivity contribution >= 4 is 5.97 Å². The van der Waals surface area contributed by atoms with Crippen LogP contribution >= 0.6 is 0 Å². The molecule has 0 radical (unpaired) electrons. The molecule has 0 saturated carbocycles. The van der Waals surface area contributed by atoms with Crippen LogP contribution in [-0.4, -0.2) is 48.1 Å². The first-order valence-electron chi connectivity index (χ1n) is 5.93. The fraction of sp³-hybridized carbons (Fsp3) is 0.462. The van der Waals surface area contributed by atoms with Gasteiger partial charge in [-0.1, -0.05) is 0 Å². The largest absolute Gasteiger partial charge is 0.497 e. The van der Waals surface area contributed by atoms with Crippen LogP contribution in [0.4, 0.5) is 0 Å². The third-order valence-corrected chi connectivity index (χ3v) is 2.86. The molecule has 6 nitrogen and oxygen atoms in total. The standard InChI is InChI=1S/C13H19NO5/c1-14-6-5-11(15)12(16)10-7-8(19-2)3-4-9(10)13(17)18/h3-4,7,11-12,14-16H,5-6H2,1-2H3,(H,17,18). The van der Waals surface area contributed by atoms with Gasteiger partial charge in [0.25, 0.3) is 0 Å². The summed E-state index contributed by atoms with van der Waals surface area (Å²) in [6, 6.07) is 4.28. The Balaban J connectivity index is 3.04. The first-order valence-corrected chi connectivity index (χ1v) is 5.93. The SMILES string of the molecule is CNCCC(O)C(O)c1cc(OC)ccc1C(=O)O. The zero-order valence-corrected chi connectivity index (χ0v) is 11.0. The van der Waals surface area contributed by atoms with Crippen molar-refractivity contribution in [3.8, 4) is 5.75 Å². The van der Waals surface area contributed by atoms with E-state index in [4.69, 9.17) is 9.84 Å². The first kappa shape index (κ1) is 15.4. The molecule has 0 aliphatic heterocycles. The van der Waals surface area contributed by atoms with Crippen LogP contribution in [0.25, 0.3) is 0 Å². The lowest BCUT2D eigenvalue weighted by Gasteiger charge is -2.20. The number of nitrogens with one attached hydrogen (secondary N) is 1. The maximum atomic E-state index is 11.1. The molecule has 1 aromatic rings. The zero-order chi connectivity index (χ0) is 14.4. The number of carboxylic acid groups (broad SMARTS) is 1. The summed E-state index contributed by atoms with van der Waals surface area (Å²) in [6.45, 7) is 0.518. The van der Waals surface area contributed by atoms with Crippen LogP contribution < -0.4 is 10.1 Å². The second kappa shape index (κ2) is 7.08. The predicted molar refractivity (Wildman–Crippen MR) is 69.5 cm³/mol. The van der Waals surface area contributed by atoms with E-state index in [0.29, 0.717) is 18.7 Å². The Labute approximate surface area is 111 Å². The molecule has 1 aromatic carbocycles. The number of benzene rings is 1. The Bertz CT molecular complexity index is 435. The Hall–Kier alpha value is -1.63. The molecule has 0 aliphatic carbocycles. The smallest absolute Gasteiger partial charge is 0.336 e. The van der Waals surface area contributed by atoms with Gasteiger partial charge in [0.05, 0.1) is 18.8 Å². The number of carbonyl (C=O) groups is 1. The van der Waals surface area contributed by atoms with Gasteiger partial charge in [-0.15, -0.1) is 0 Å². The number of ether oxygens (including phenoxy) is 1. The van der Waals surface area contributed by atoms with Crippen LogP contribution in [0, 0.1) is 0 Å². The average Bonchev–Trinajstić information content (AvgIpc) is 2.42. The summed E-state index contributed by atoms with van der Waals surface area (Å²) in [6.07, 6.45) is -2.00. The van der Waals surface area contributed by atoms with Crippen molar-refractivity contribution in [1.29, 1.82) is 0 Å². The molecule has 2 atom stereocenters. The third kappa shape index (κ3) is 3.92. The zero-order valence-electron chi connectivity index (χ0n) is 11.0. The van der Waals surface area contributed by atoms with Gasteiger partial charge >= 0.3 is 5.97 Å². The molecule has 4 N–H and O–H groups in total. The van der Waals surface area contributed by atoms with Gasteiger partial charge in [-0.2, -0.15) is 0 Å². The van der Waals surface area contributed by atoms with Crippen LogP contribution in [-0.2, 0) is 0 Å². The number of hydrogen-bond acceptors (Lipinski definition) is 5. The number of hydrogen-bond donors (Lipinski definition) is 4. The highest BCUT2D eigenvalue weighted by Crippen LogP contribution is 2.27. The molecular weight excluding hydrogens is 250 g/mol. The van der Waals surface area contributed by atoms with Gasteiger partial charge in [0, 0.05) is 5.56 Å². The highest BCUT2D eigenvalue weighted by Gasteiger charge is 2.24. The minimum absolute atomic E-state index is 0.0446. The van der Waals surface area contributed by atoms with Crippen LogP contribution in [0.2, 0.25) is 0 Å². The van der Waals surface area contributed by atoms with Crippen LogP contribution in [0.5, 0.6) is 5.75 Å². The van der Waals surface area contributed by atoms with Gasteiger partial charge in [-0.05, 0) is 38.2 Å². The molecule has 0 bridgehead atoms. The normalized spacial score (nSPS) is 13.9. The molecule has 0 spiro atoms. The van der Waals surface area contributed by atoms with Gasteiger partial charge in [0.15, 0.2) is 0 Å². The number of carboxylic acids is 1. The lowest BCUT2D eigenvalue weighted by Crippen LogP contribution is -2.24. The monoisotopic (exact) mass is 269 g/mol. The first-order chi connectivity index (χ1) is 9.01. The molecule has 2 unspecified atom stereocenters. The minimum Gasteiger partial charge on any atom is -0.497 e. The molecular formula is C13H19NO5. The summed E-state index contributed by atoms with van der Waals surface area (Å²) < 4.78 is 5.00. The van der Waals surface area contributed by atoms with E-state index in [1.807, 2.05) is 0 Å². The Morgan fingerprint density at radius 1 is 1.42 bits per heavy atom. The second-order valence-corrected chi connectivity index (χ2v) is 4.16. The molecule has 0 amide bonds. The van der Waals surface area contributed by atoms with Crippen LogP contribution in [0.15, 0.2) is 18.2 Å². The molecule has 6 heteroatoms. The summed E-state index contributed by atoms with van der Waals surface area (Å²) in [7, 11) is 3.18. The lowest BCUT2D eigenvalue weighted by atomic mass is 9.96. The Morgan fingerprint density at radius 2 is 2.11 bits per heavy atom. The topological polar surface area (TPSA) is 99.0 Å². The summed E-state index contributed by atoms with van der Waals surface area (Å²) in [5.41, 5.74) is 0.104. The maximum absolute atomic E-state index is 11.1. The molecule has 0 heterocycles. The summed E-state index contributed by atoms with van der Waals surface area (Å²) in [4.78, 5) is 11.1. The van der Waals surface area contributed by atoms with Crippen molar-refractivity contribution in [3.05, 3.63) is 29.3 Å². The number of aliphatic hydroxyl groups is 2. The summed E-state index contributed by atoms with van der Waals surface area (Å²) in [5.74, 6) is -0.725. The molecule has 0 saturated heterocycles. The fourth-order valence-electron chi connectivity index (χ4n) is 1.76. The molecule has 106 valence electrons. The predicted octanol–water partition coefficient (Wildman–Crippen LogP) is 0.397. The Kier molecular flexibility index (Phi) is 5.75. The van der Waals surface area contributed by atoms with E-state index in [1.54, 1.807) is 7.05 Å². The molecule has 1 rings (SSSR count). The van der Waals surface area contributed by atoms with Gasteiger partial charge in [-0.3, -0.25) is 0 Å². The minimum atomic E-state index is -1.27. The highest BCUT2D eigenvalue weighted by molar-refractivity contribution is 5.89.